The second-order valence-corrected chi connectivity index (χ2v) is 11.3. The van der Waals surface area contributed by atoms with Gasteiger partial charge in [0, 0.05) is 45.6 Å². The van der Waals surface area contributed by atoms with Gasteiger partial charge in [-0.1, -0.05) is 46.7 Å². The van der Waals surface area contributed by atoms with Crippen molar-refractivity contribution in [1.82, 2.24) is 24.5 Å². The van der Waals surface area contributed by atoms with Gasteiger partial charge in [0.1, 0.15) is 5.69 Å². The number of hydrogen-bond acceptors (Lipinski definition) is 4. The van der Waals surface area contributed by atoms with Crippen LogP contribution in [0.5, 0.6) is 0 Å². The molecule has 0 radical (unpaired) electrons. The maximum Gasteiger partial charge on any atom is 0.102 e. The monoisotopic (exact) mass is 522 g/mol. The van der Waals surface area contributed by atoms with Crippen LogP contribution >= 0.6 is 11.6 Å². The quantitative estimate of drug-likeness (QED) is 0.186. The third-order valence-corrected chi connectivity index (χ3v) is 8.51. The van der Waals surface area contributed by atoms with Gasteiger partial charge in [-0.2, -0.15) is 0 Å². The summed E-state index contributed by atoms with van der Waals surface area (Å²) in [4.78, 5) is 4.98. The van der Waals surface area contributed by atoms with Gasteiger partial charge in [-0.3, -0.25) is 9.67 Å². The van der Waals surface area contributed by atoms with E-state index in [0.717, 1.165) is 67.5 Å². The molecule has 2 unspecified atom stereocenters. The molecule has 5 aromatic rings. The maximum absolute atomic E-state index is 6.71. The Morgan fingerprint density at radius 1 is 1.05 bits per heavy atom. The number of nitrogens with two attached hydrogens (primary N) is 1. The highest BCUT2D eigenvalue weighted by molar-refractivity contribution is 6.31. The Morgan fingerprint density at radius 3 is 2.92 bits per heavy atom. The summed E-state index contributed by atoms with van der Waals surface area (Å²) < 4.78 is 4.22. The minimum absolute atomic E-state index is 0.471. The van der Waals surface area contributed by atoms with Crippen LogP contribution in [0, 0.1) is 5.92 Å². The Morgan fingerprint density at radius 2 is 1.97 bits per heavy atom. The highest BCUT2D eigenvalue weighted by Crippen LogP contribution is 2.47. The van der Waals surface area contributed by atoms with Crippen LogP contribution in [0.2, 0.25) is 5.02 Å². The van der Waals surface area contributed by atoms with E-state index in [2.05, 4.69) is 63.7 Å². The predicted octanol–water partition coefficient (Wildman–Crippen LogP) is 6.91. The summed E-state index contributed by atoms with van der Waals surface area (Å²) in [5, 5.41) is 11.8. The van der Waals surface area contributed by atoms with Crippen molar-refractivity contribution in [1.29, 1.82) is 0 Å². The van der Waals surface area contributed by atoms with Gasteiger partial charge in [0.25, 0.3) is 0 Å². The summed E-state index contributed by atoms with van der Waals surface area (Å²) in [6.07, 6.45) is 13.4. The fraction of sp³-hybridized carbons (Fsp3) is 0.323. The fourth-order valence-electron chi connectivity index (χ4n) is 6.57. The van der Waals surface area contributed by atoms with E-state index < -0.39 is 0 Å². The van der Waals surface area contributed by atoms with E-state index in [1.807, 2.05) is 22.9 Å². The van der Waals surface area contributed by atoms with Crippen molar-refractivity contribution in [2.75, 3.05) is 5.73 Å². The lowest BCUT2D eigenvalue weighted by Gasteiger charge is -2.36. The normalized spacial score (nSPS) is 18.6. The molecule has 192 valence electrons. The number of pyridine rings is 1. The first-order chi connectivity index (χ1) is 18.6. The number of anilines is 1. The Bertz CT molecular complexity index is 1680. The highest BCUT2D eigenvalue weighted by atomic mass is 35.5. The molecule has 2 N–H and O–H groups in total. The number of fused-ring (bicyclic) bond motifs is 6. The first-order valence-electron chi connectivity index (χ1n) is 13.6. The molecule has 0 spiro atoms. The number of para-hydroxylation sites is 1. The van der Waals surface area contributed by atoms with Crippen LogP contribution in [0.3, 0.4) is 0 Å². The number of aromatic nitrogens is 5. The first-order valence-corrected chi connectivity index (χ1v) is 14.0. The lowest BCUT2D eigenvalue weighted by molar-refractivity contribution is 0.424. The molecular formula is C31H31ClN6. The number of hydrogen-bond donors (Lipinski definition) is 1. The van der Waals surface area contributed by atoms with Gasteiger partial charge < -0.3 is 10.3 Å². The molecule has 6 nitrogen and oxygen atoms in total. The van der Waals surface area contributed by atoms with Crippen molar-refractivity contribution >= 4 is 39.1 Å². The lowest BCUT2D eigenvalue weighted by Crippen LogP contribution is -2.24. The number of unbranched alkanes of at least 4 members (excludes halogenated alkanes) is 1. The number of aryl methyl sites for hydroxylation is 1. The number of allylic oxidation sites excluding steroid dienone is 2. The number of rotatable bonds is 7. The summed E-state index contributed by atoms with van der Waals surface area (Å²) >= 11 is 6.22. The van der Waals surface area contributed by atoms with Crippen LogP contribution in [0.1, 0.15) is 55.0 Å². The zero-order valence-electron chi connectivity index (χ0n) is 21.4. The largest absolute Gasteiger partial charge is 0.398 e. The SMILES string of the molecule is Nc1c2c(nc3cc(Cl)ccc13)CC1C=C(CCCCn3cc(Cn4ccc5ccccc54)nn3)CC2C1. The molecule has 2 aliphatic rings. The Labute approximate surface area is 227 Å². The fourth-order valence-corrected chi connectivity index (χ4v) is 6.74. The molecule has 3 heterocycles. The topological polar surface area (TPSA) is 74.5 Å². The van der Waals surface area contributed by atoms with Crippen molar-refractivity contribution < 1.29 is 0 Å². The molecule has 7 heteroatoms. The molecule has 0 saturated carbocycles. The van der Waals surface area contributed by atoms with Crippen LogP contribution < -0.4 is 5.73 Å². The van der Waals surface area contributed by atoms with E-state index in [1.54, 1.807) is 5.57 Å². The Balaban J connectivity index is 0.964. The van der Waals surface area contributed by atoms with E-state index in [1.165, 1.54) is 28.6 Å². The summed E-state index contributed by atoms with van der Waals surface area (Å²) in [6, 6.07) is 16.4. The van der Waals surface area contributed by atoms with Gasteiger partial charge in [0.15, 0.2) is 0 Å². The third-order valence-electron chi connectivity index (χ3n) is 8.27. The van der Waals surface area contributed by atoms with E-state index in [0.29, 0.717) is 16.9 Å². The number of halogens is 1. The van der Waals surface area contributed by atoms with Crippen LogP contribution in [-0.2, 0) is 19.5 Å². The molecule has 2 bridgehead atoms. The van der Waals surface area contributed by atoms with Crippen LogP contribution in [0.15, 0.2) is 72.6 Å². The first kappa shape index (κ1) is 23.5. The molecule has 0 amide bonds. The van der Waals surface area contributed by atoms with Gasteiger partial charge in [-0.05, 0) is 86.1 Å². The highest BCUT2D eigenvalue weighted by Gasteiger charge is 2.33. The summed E-state index contributed by atoms with van der Waals surface area (Å²) in [6.45, 7) is 1.64. The molecule has 0 saturated heterocycles. The van der Waals surface area contributed by atoms with Crippen molar-refractivity contribution in [3.05, 3.63) is 94.5 Å². The van der Waals surface area contributed by atoms with Crippen molar-refractivity contribution in [3.8, 4) is 0 Å². The van der Waals surface area contributed by atoms with Crippen LogP contribution in [-0.4, -0.2) is 24.5 Å². The van der Waals surface area contributed by atoms with Gasteiger partial charge in [-0.15, -0.1) is 5.10 Å². The predicted molar refractivity (Wildman–Crippen MR) is 153 cm³/mol. The minimum Gasteiger partial charge on any atom is -0.398 e. The Hall–Kier alpha value is -3.64. The summed E-state index contributed by atoms with van der Waals surface area (Å²) in [5.74, 6) is 1.03. The molecule has 38 heavy (non-hydrogen) atoms. The van der Waals surface area contributed by atoms with E-state index >= 15 is 0 Å². The summed E-state index contributed by atoms with van der Waals surface area (Å²) in [7, 11) is 0. The Kier molecular flexibility index (Phi) is 5.92. The lowest BCUT2D eigenvalue weighted by atomic mass is 9.70. The summed E-state index contributed by atoms with van der Waals surface area (Å²) in [5.41, 5.74) is 14.8. The second kappa shape index (κ2) is 9.59. The average molecular weight is 523 g/mol. The number of benzene rings is 2. The van der Waals surface area contributed by atoms with Crippen LogP contribution in [0.25, 0.3) is 21.8 Å². The minimum atomic E-state index is 0.471. The molecule has 3 aromatic heterocycles. The van der Waals surface area contributed by atoms with E-state index in [4.69, 9.17) is 22.3 Å². The van der Waals surface area contributed by atoms with Gasteiger partial charge >= 0.3 is 0 Å². The molecule has 0 fully saturated rings. The molecule has 0 aliphatic heterocycles. The molecule has 2 aromatic carbocycles. The van der Waals surface area contributed by atoms with Gasteiger partial charge in [0.2, 0.25) is 0 Å². The smallest absolute Gasteiger partial charge is 0.102 e. The van der Waals surface area contributed by atoms with Gasteiger partial charge in [-0.25, -0.2) is 0 Å². The third kappa shape index (κ3) is 4.37. The number of nitrogen functional groups attached to an aromatic ring is 1. The zero-order chi connectivity index (χ0) is 25.6. The van der Waals surface area contributed by atoms with Crippen molar-refractivity contribution in [2.24, 2.45) is 5.92 Å². The molecule has 7 rings (SSSR count). The standard InChI is InChI=1S/C31H31ClN6/c32-24-8-9-26-27(17-24)34-28-16-21-13-20(14-23(15-21)30(28)31(26)33)5-3-4-11-38-19-25(35-36-38)18-37-12-10-22-6-1-2-7-29(22)37/h1-2,6-10,12-13,17,19,21,23H,3-5,11,14-16,18H2,(H2,33,34). The van der Waals surface area contributed by atoms with Crippen molar-refractivity contribution in [2.45, 2.75) is 57.5 Å². The van der Waals surface area contributed by atoms with E-state index in [9.17, 15) is 0 Å². The van der Waals surface area contributed by atoms with E-state index in [-0.39, 0.29) is 0 Å². The van der Waals surface area contributed by atoms with Gasteiger partial charge in [0.05, 0.1) is 18.3 Å². The average Bonchev–Trinajstić information content (AvgIpc) is 3.53. The second-order valence-electron chi connectivity index (χ2n) is 10.9. The maximum atomic E-state index is 6.71. The molecule has 2 atom stereocenters. The zero-order valence-corrected chi connectivity index (χ0v) is 22.1. The van der Waals surface area contributed by atoms with Crippen LogP contribution in [0.4, 0.5) is 5.69 Å². The molecular weight excluding hydrogens is 492 g/mol. The van der Waals surface area contributed by atoms with Crippen molar-refractivity contribution in [3.63, 3.8) is 0 Å². The molecule has 2 aliphatic carbocycles. The number of nitrogens with zero attached hydrogens (tertiary/aromatic N) is 5.